The van der Waals surface area contributed by atoms with E-state index in [1.807, 2.05) is 6.92 Å². The fourth-order valence-corrected chi connectivity index (χ4v) is 1.65. The van der Waals surface area contributed by atoms with Gasteiger partial charge in [0.1, 0.15) is 17.8 Å². The summed E-state index contributed by atoms with van der Waals surface area (Å²) < 4.78 is 0. The zero-order valence-electron chi connectivity index (χ0n) is 11.0. The molecule has 0 spiro atoms. The van der Waals surface area contributed by atoms with Gasteiger partial charge in [-0.15, -0.1) is 0 Å². The summed E-state index contributed by atoms with van der Waals surface area (Å²) in [5.74, 6) is 0.686. The van der Waals surface area contributed by atoms with E-state index < -0.39 is 0 Å². The highest BCUT2D eigenvalue weighted by Crippen LogP contribution is 2.26. The van der Waals surface area contributed by atoms with Crippen molar-refractivity contribution in [3.05, 3.63) is 35.3 Å². The predicted molar refractivity (Wildman–Crippen MR) is 75.9 cm³/mol. The zero-order valence-corrected chi connectivity index (χ0v) is 11.8. The lowest BCUT2D eigenvalue weighted by atomic mass is 10.3. The molecule has 0 saturated carbocycles. The van der Waals surface area contributed by atoms with E-state index >= 15 is 0 Å². The molecule has 0 aromatic carbocycles. The molecule has 0 saturated heterocycles. The van der Waals surface area contributed by atoms with Crippen LogP contribution in [0, 0.1) is 6.92 Å². The van der Waals surface area contributed by atoms with Crippen LogP contribution in [0.1, 0.15) is 23.1 Å². The van der Waals surface area contributed by atoms with Crippen LogP contribution in [0.25, 0.3) is 0 Å². The average Bonchev–Trinajstić information content (AvgIpc) is 2.43. The first-order valence-electron chi connectivity index (χ1n) is 5.96. The van der Waals surface area contributed by atoms with Crippen LogP contribution in [0.5, 0.6) is 0 Å². The number of rotatable bonds is 4. The van der Waals surface area contributed by atoms with E-state index in [-0.39, 0.29) is 11.1 Å². The van der Waals surface area contributed by atoms with Gasteiger partial charge in [-0.3, -0.25) is 4.79 Å². The quantitative estimate of drug-likeness (QED) is 0.836. The van der Waals surface area contributed by atoms with Crippen molar-refractivity contribution >= 4 is 29.0 Å². The Morgan fingerprint density at radius 1 is 1.25 bits per heavy atom. The van der Waals surface area contributed by atoms with Gasteiger partial charge in [-0.25, -0.2) is 19.9 Å². The molecule has 1 amide bonds. The van der Waals surface area contributed by atoms with Crippen LogP contribution in [0.15, 0.2) is 18.7 Å². The Kier molecular flexibility index (Phi) is 4.41. The molecule has 20 heavy (non-hydrogen) atoms. The van der Waals surface area contributed by atoms with Crippen LogP contribution >= 0.6 is 11.6 Å². The molecule has 0 aliphatic rings. The van der Waals surface area contributed by atoms with Gasteiger partial charge in [0, 0.05) is 18.9 Å². The van der Waals surface area contributed by atoms with E-state index in [0.29, 0.717) is 29.4 Å². The SMILES string of the molecule is CCNc1ncnc(Cl)c1NC(=O)c1cnc(C)nc1. The van der Waals surface area contributed by atoms with Gasteiger partial charge in [0.15, 0.2) is 11.0 Å². The minimum absolute atomic E-state index is 0.164. The molecule has 0 fully saturated rings. The van der Waals surface area contributed by atoms with Crippen LogP contribution in [-0.2, 0) is 0 Å². The maximum absolute atomic E-state index is 12.1. The fourth-order valence-electron chi connectivity index (χ4n) is 1.47. The number of nitrogens with one attached hydrogen (secondary N) is 2. The third-order valence-corrected chi connectivity index (χ3v) is 2.71. The summed E-state index contributed by atoms with van der Waals surface area (Å²) in [6.45, 7) is 4.30. The van der Waals surface area contributed by atoms with Gasteiger partial charge < -0.3 is 10.6 Å². The van der Waals surface area contributed by atoms with E-state index in [1.165, 1.54) is 18.7 Å². The lowest BCUT2D eigenvalue weighted by molar-refractivity contribution is 0.102. The summed E-state index contributed by atoms with van der Waals surface area (Å²) in [6.07, 6.45) is 4.22. The molecule has 0 unspecified atom stereocenters. The fraction of sp³-hybridized carbons (Fsp3) is 0.250. The zero-order chi connectivity index (χ0) is 14.5. The summed E-state index contributed by atoms with van der Waals surface area (Å²) in [4.78, 5) is 27.9. The molecule has 0 bridgehead atoms. The molecule has 8 heteroatoms. The standard InChI is InChI=1S/C12H13ClN6O/c1-3-14-11-9(10(13)17-6-18-11)19-12(20)8-4-15-7(2)16-5-8/h4-6H,3H2,1-2H3,(H,19,20)(H,14,17,18). The summed E-state index contributed by atoms with van der Waals surface area (Å²) in [7, 11) is 0. The smallest absolute Gasteiger partial charge is 0.258 e. The first kappa shape index (κ1) is 14.1. The Bertz CT molecular complexity index is 616. The number of anilines is 2. The number of hydrogen-bond acceptors (Lipinski definition) is 6. The number of carbonyl (C=O) groups excluding carboxylic acids is 1. The third kappa shape index (κ3) is 3.18. The van der Waals surface area contributed by atoms with Gasteiger partial charge in [-0.2, -0.15) is 0 Å². The van der Waals surface area contributed by atoms with Gasteiger partial charge in [0.25, 0.3) is 5.91 Å². The number of nitrogens with zero attached hydrogens (tertiary/aromatic N) is 4. The van der Waals surface area contributed by atoms with Crippen LogP contribution in [0.4, 0.5) is 11.5 Å². The first-order valence-corrected chi connectivity index (χ1v) is 6.34. The van der Waals surface area contributed by atoms with Crippen LogP contribution in [-0.4, -0.2) is 32.4 Å². The largest absolute Gasteiger partial charge is 0.368 e. The first-order chi connectivity index (χ1) is 9.61. The van der Waals surface area contributed by atoms with Gasteiger partial charge in [0.05, 0.1) is 5.56 Å². The Hall–Kier alpha value is -2.28. The normalized spacial score (nSPS) is 10.2. The monoisotopic (exact) mass is 292 g/mol. The Balaban J connectivity index is 2.25. The van der Waals surface area contributed by atoms with Gasteiger partial charge >= 0.3 is 0 Å². The molecular formula is C12H13ClN6O. The maximum Gasteiger partial charge on any atom is 0.258 e. The molecule has 2 rings (SSSR count). The van der Waals surface area contributed by atoms with Crippen molar-refractivity contribution < 1.29 is 4.79 Å². The van der Waals surface area contributed by atoms with Crippen LogP contribution in [0.3, 0.4) is 0 Å². The molecule has 2 heterocycles. The summed E-state index contributed by atoms with van der Waals surface area (Å²) in [5.41, 5.74) is 0.666. The number of carbonyl (C=O) groups is 1. The summed E-state index contributed by atoms with van der Waals surface area (Å²) in [6, 6.07) is 0. The maximum atomic E-state index is 12.1. The molecule has 0 radical (unpaired) electrons. The predicted octanol–water partition coefficient (Wildman–Crippen LogP) is 1.91. The van der Waals surface area contributed by atoms with E-state index in [9.17, 15) is 4.79 Å². The van der Waals surface area contributed by atoms with Crippen molar-refractivity contribution in [1.29, 1.82) is 0 Å². The van der Waals surface area contributed by atoms with Crippen molar-refractivity contribution in [3.63, 3.8) is 0 Å². The average molecular weight is 293 g/mol. The van der Waals surface area contributed by atoms with E-state index in [4.69, 9.17) is 11.6 Å². The van der Waals surface area contributed by atoms with Gasteiger partial charge in [0.2, 0.25) is 0 Å². The van der Waals surface area contributed by atoms with Crippen molar-refractivity contribution in [3.8, 4) is 0 Å². The molecule has 0 aliphatic carbocycles. The van der Waals surface area contributed by atoms with E-state index in [1.54, 1.807) is 6.92 Å². The lowest BCUT2D eigenvalue weighted by Crippen LogP contribution is -2.16. The van der Waals surface area contributed by atoms with Crippen molar-refractivity contribution in [2.45, 2.75) is 13.8 Å². The summed E-state index contributed by atoms with van der Waals surface area (Å²) in [5, 5.41) is 5.83. The number of aromatic nitrogens is 4. The number of amides is 1. The van der Waals surface area contributed by atoms with E-state index in [0.717, 1.165) is 0 Å². The highest BCUT2D eigenvalue weighted by Gasteiger charge is 2.14. The van der Waals surface area contributed by atoms with Gasteiger partial charge in [-0.05, 0) is 13.8 Å². The highest BCUT2D eigenvalue weighted by atomic mass is 35.5. The molecule has 0 aliphatic heterocycles. The topological polar surface area (TPSA) is 92.7 Å². The molecule has 2 aromatic heterocycles. The molecule has 0 atom stereocenters. The molecular weight excluding hydrogens is 280 g/mol. The highest BCUT2D eigenvalue weighted by molar-refractivity contribution is 6.33. The van der Waals surface area contributed by atoms with Crippen LogP contribution < -0.4 is 10.6 Å². The lowest BCUT2D eigenvalue weighted by Gasteiger charge is -2.11. The van der Waals surface area contributed by atoms with E-state index in [2.05, 4.69) is 30.6 Å². The molecule has 2 aromatic rings. The number of aryl methyl sites for hydroxylation is 1. The number of halogens is 1. The van der Waals surface area contributed by atoms with Gasteiger partial charge in [-0.1, -0.05) is 11.6 Å². The second kappa shape index (κ2) is 6.25. The Morgan fingerprint density at radius 3 is 2.60 bits per heavy atom. The molecule has 7 nitrogen and oxygen atoms in total. The number of hydrogen-bond donors (Lipinski definition) is 2. The second-order valence-electron chi connectivity index (χ2n) is 3.89. The molecule has 104 valence electrons. The molecule has 2 N–H and O–H groups in total. The van der Waals surface area contributed by atoms with Crippen molar-refractivity contribution in [1.82, 2.24) is 19.9 Å². The van der Waals surface area contributed by atoms with Crippen molar-refractivity contribution in [2.24, 2.45) is 0 Å². The minimum Gasteiger partial charge on any atom is -0.368 e. The van der Waals surface area contributed by atoms with Crippen LogP contribution in [0.2, 0.25) is 5.15 Å². The summed E-state index contributed by atoms with van der Waals surface area (Å²) >= 11 is 5.98. The minimum atomic E-state index is -0.374. The van der Waals surface area contributed by atoms with Crippen molar-refractivity contribution in [2.75, 3.05) is 17.2 Å². The second-order valence-corrected chi connectivity index (χ2v) is 4.25. The third-order valence-electron chi connectivity index (χ3n) is 2.43. The Morgan fingerprint density at radius 2 is 1.95 bits per heavy atom. The Labute approximate surface area is 120 Å².